The van der Waals surface area contributed by atoms with E-state index in [9.17, 15) is 4.79 Å². The number of carbonyl (C=O) groups is 1. The van der Waals surface area contributed by atoms with Gasteiger partial charge in [-0.05, 0) is 36.2 Å². The average Bonchev–Trinajstić information content (AvgIpc) is 3.19. The SMILES string of the molecule is C=CCOC(c1ccc(Cl)cc1)C(Cl)N1C=CN(CC(=O)Nc2ccccc2C)C1. The first kappa shape index (κ1) is 22.2. The van der Waals surface area contributed by atoms with Crippen LogP contribution in [-0.2, 0) is 9.53 Å². The molecule has 3 rings (SSSR count). The second-order valence-corrected chi connectivity index (χ2v) is 7.91. The maximum absolute atomic E-state index is 12.4. The molecule has 1 amide bonds. The molecule has 0 bridgehead atoms. The molecule has 2 atom stereocenters. The molecule has 7 heteroatoms. The molecule has 158 valence electrons. The summed E-state index contributed by atoms with van der Waals surface area (Å²) >= 11 is 12.8. The van der Waals surface area contributed by atoms with Gasteiger partial charge in [-0.1, -0.05) is 59.6 Å². The van der Waals surface area contributed by atoms with E-state index in [1.54, 1.807) is 6.08 Å². The molecule has 30 heavy (non-hydrogen) atoms. The monoisotopic (exact) mass is 445 g/mol. The maximum Gasteiger partial charge on any atom is 0.243 e. The summed E-state index contributed by atoms with van der Waals surface area (Å²) in [4.78, 5) is 16.3. The van der Waals surface area contributed by atoms with E-state index in [1.165, 1.54) is 0 Å². The molecule has 2 aromatic rings. The van der Waals surface area contributed by atoms with Gasteiger partial charge in [-0.15, -0.1) is 6.58 Å². The Labute approximate surface area is 187 Å². The summed E-state index contributed by atoms with van der Waals surface area (Å²) in [5, 5.41) is 3.60. The highest BCUT2D eigenvalue weighted by atomic mass is 35.5. The van der Waals surface area contributed by atoms with Crippen molar-refractivity contribution >= 4 is 34.8 Å². The molecule has 5 nitrogen and oxygen atoms in total. The number of nitrogens with zero attached hydrogens (tertiary/aromatic N) is 2. The molecule has 1 N–H and O–H groups in total. The quantitative estimate of drug-likeness (QED) is 0.329. The molecule has 0 spiro atoms. The lowest BCUT2D eigenvalue weighted by molar-refractivity contribution is -0.117. The molecular weight excluding hydrogens is 421 g/mol. The Morgan fingerprint density at radius 3 is 2.67 bits per heavy atom. The predicted molar refractivity (Wildman–Crippen MR) is 122 cm³/mol. The number of amides is 1. The van der Waals surface area contributed by atoms with Crippen molar-refractivity contribution < 1.29 is 9.53 Å². The van der Waals surface area contributed by atoms with Crippen LogP contribution in [0.4, 0.5) is 5.69 Å². The summed E-state index contributed by atoms with van der Waals surface area (Å²) in [6, 6.07) is 15.1. The first-order valence-corrected chi connectivity index (χ1v) is 10.4. The molecule has 2 aromatic carbocycles. The van der Waals surface area contributed by atoms with E-state index < -0.39 is 5.50 Å². The van der Waals surface area contributed by atoms with Gasteiger partial charge in [-0.25, -0.2) is 0 Å². The zero-order chi connectivity index (χ0) is 21.5. The minimum atomic E-state index is -0.466. The second-order valence-electron chi connectivity index (χ2n) is 7.03. The van der Waals surface area contributed by atoms with Gasteiger partial charge in [0.1, 0.15) is 11.6 Å². The minimum absolute atomic E-state index is 0.0842. The van der Waals surface area contributed by atoms with Crippen LogP contribution < -0.4 is 5.32 Å². The van der Waals surface area contributed by atoms with Crippen LogP contribution >= 0.6 is 23.2 Å². The topological polar surface area (TPSA) is 44.8 Å². The first-order valence-electron chi connectivity index (χ1n) is 9.63. The van der Waals surface area contributed by atoms with Crippen LogP contribution in [0.2, 0.25) is 5.02 Å². The van der Waals surface area contributed by atoms with E-state index in [4.69, 9.17) is 27.9 Å². The van der Waals surface area contributed by atoms with Crippen molar-refractivity contribution in [3.8, 4) is 0 Å². The zero-order valence-corrected chi connectivity index (χ0v) is 18.3. The Morgan fingerprint density at radius 2 is 1.97 bits per heavy atom. The molecule has 0 fully saturated rings. The van der Waals surface area contributed by atoms with Crippen molar-refractivity contribution in [1.82, 2.24) is 9.80 Å². The summed E-state index contributed by atoms with van der Waals surface area (Å²) in [7, 11) is 0. The second kappa shape index (κ2) is 10.5. The number of anilines is 1. The number of halogens is 2. The summed E-state index contributed by atoms with van der Waals surface area (Å²) in [5.41, 5.74) is 2.30. The van der Waals surface area contributed by atoms with Gasteiger partial charge in [0, 0.05) is 23.1 Å². The Balaban J connectivity index is 1.60. The van der Waals surface area contributed by atoms with Crippen molar-refractivity contribution in [2.24, 2.45) is 0 Å². The lowest BCUT2D eigenvalue weighted by Gasteiger charge is -2.31. The van der Waals surface area contributed by atoms with Crippen LogP contribution in [0.15, 0.2) is 73.6 Å². The minimum Gasteiger partial charge on any atom is -0.366 e. The van der Waals surface area contributed by atoms with Crippen molar-refractivity contribution in [2.75, 3.05) is 25.1 Å². The Morgan fingerprint density at radius 1 is 1.23 bits per heavy atom. The van der Waals surface area contributed by atoms with Crippen LogP contribution in [0.3, 0.4) is 0 Å². The van der Waals surface area contributed by atoms with Gasteiger partial charge in [-0.2, -0.15) is 0 Å². The largest absolute Gasteiger partial charge is 0.366 e. The highest BCUT2D eigenvalue weighted by Gasteiger charge is 2.29. The van der Waals surface area contributed by atoms with E-state index in [0.29, 0.717) is 18.3 Å². The summed E-state index contributed by atoms with van der Waals surface area (Å²) in [5.74, 6) is -0.0842. The van der Waals surface area contributed by atoms with Gasteiger partial charge in [-0.3, -0.25) is 4.79 Å². The first-order chi connectivity index (χ1) is 14.5. The lowest BCUT2D eigenvalue weighted by Crippen LogP contribution is -2.38. The lowest BCUT2D eigenvalue weighted by atomic mass is 10.1. The number of hydrogen-bond acceptors (Lipinski definition) is 4. The number of hydrogen-bond donors (Lipinski definition) is 1. The smallest absolute Gasteiger partial charge is 0.243 e. The summed E-state index contributed by atoms with van der Waals surface area (Å²) in [6.07, 6.45) is 5.04. The maximum atomic E-state index is 12.4. The molecule has 1 aliphatic rings. The number of alkyl halides is 1. The standard InChI is InChI=1S/C23H25Cl2N3O2/c1-3-14-30-22(18-8-10-19(24)11-9-18)23(25)28-13-12-27(16-28)15-21(29)26-20-7-5-4-6-17(20)2/h3-13,22-23H,1,14-16H2,2H3,(H,26,29). The van der Waals surface area contributed by atoms with Crippen molar-refractivity contribution in [3.63, 3.8) is 0 Å². The summed E-state index contributed by atoms with van der Waals surface area (Å²) < 4.78 is 5.93. The van der Waals surface area contributed by atoms with E-state index in [-0.39, 0.29) is 18.6 Å². The van der Waals surface area contributed by atoms with Gasteiger partial charge >= 0.3 is 0 Å². The molecule has 2 unspecified atom stereocenters. The van der Waals surface area contributed by atoms with E-state index in [1.807, 2.05) is 77.7 Å². The zero-order valence-electron chi connectivity index (χ0n) is 16.8. The summed E-state index contributed by atoms with van der Waals surface area (Å²) in [6.45, 7) is 6.76. The number of aryl methyl sites for hydroxylation is 1. The number of rotatable bonds is 9. The molecule has 0 aromatic heterocycles. The van der Waals surface area contributed by atoms with E-state index >= 15 is 0 Å². The molecule has 0 saturated carbocycles. The van der Waals surface area contributed by atoms with Gasteiger partial charge in [0.15, 0.2) is 0 Å². The van der Waals surface area contributed by atoms with Crippen LogP contribution in [0, 0.1) is 6.92 Å². The molecule has 1 aliphatic heterocycles. The van der Waals surface area contributed by atoms with Crippen molar-refractivity contribution in [1.29, 1.82) is 0 Å². The highest BCUT2D eigenvalue weighted by Crippen LogP contribution is 2.30. The van der Waals surface area contributed by atoms with Crippen LogP contribution in [0.5, 0.6) is 0 Å². The Kier molecular flexibility index (Phi) is 7.80. The van der Waals surface area contributed by atoms with E-state index in [2.05, 4.69) is 11.9 Å². The fraction of sp³-hybridized carbons (Fsp3) is 0.261. The molecule has 0 radical (unpaired) electrons. The molecule has 0 aliphatic carbocycles. The van der Waals surface area contributed by atoms with Gasteiger partial charge in [0.2, 0.25) is 5.91 Å². The number of nitrogens with one attached hydrogen (secondary N) is 1. The third kappa shape index (κ3) is 5.79. The number of ether oxygens (including phenoxy) is 1. The number of carbonyl (C=O) groups excluding carboxylic acids is 1. The third-order valence-electron chi connectivity index (χ3n) is 4.74. The van der Waals surface area contributed by atoms with Gasteiger partial charge < -0.3 is 19.9 Å². The van der Waals surface area contributed by atoms with Gasteiger partial charge in [0.05, 0.1) is 19.8 Å². The normalized spacial score (nSPS) is 15.2. The van der Waals surface area contributed by atoms with Crippen LogP contribution in [0.25, 0.3) is 0 Å². The molecular formula is C23H25Cl2N3O2. The fourth-order valence-corrected chi connectivity index (χ4v) is 3.64. The number of para-hydroxylation sites is 1. The predicted octanol–water partition coefficient (Wildman–Crippen LogP) is 5.14. The van der Waals surface area contributed by atoms with Crippen LogP contribution in [-0.4, -0.2) is 41.0 Å². The van der Waals surface area contributed by atoms with E-state index in [0.717, 1.165) is 16.8 Å². The molecule has 1 heterocycles. The Bertz CT molecular complexity index is 902. The third-order valence-corrected chi connectivity index (χ3v) is 5.47. The van der Waals surface area contributed by atoms with Gasteiger partial charge in [0.25, 0.3) is 0 Å². The average molecular weight is 446 g/mol. The number of benzene rings is 2. The molecule has 0 saturated heterocycles. The fourth-order valence-electron chi connectivity index (χ4n) is 3.17. The highest BCUT2D eigenvalue weighted by molar-refractivity contribution is 6.30. The van der Waals surface area contributed by atoms with Crippen molar-refractivity contribution in [3.05, 3.63) is 89.7 Å². The van der Waals surface area contributed by atoms with Crippen LogP contribution in [0.1, 0.15) is 17.2 Å². The van der Waals surface area contributed by atoms with Crippen molar-refractivity contribution in [2.45, 2.75) is 18.5 Å². The Hall–Kier alpha value is -2.47.